The van der Waals surface area contributed by atoms with E-state index in [1.165, 1.54) is 11.9 Å². The molecule has 1 rings (SSSR count). The van der Waals surface area contributed by atoms with Crippen LogP contribution in [-0.2, 0) is 4.79 Å². The molecule has 0 saturated carbocycles. The van der Waals surface area contributed by atoms with Gasteiger partial charge in [-0.3, -0.25) is 9.10 Å². The molecule has 1 amide bonds. The van der Waals surface area contributed by atoms with Gasteiger partial charge in [0.15, 0.2) is 0 Å². The molecule has 11 heavy (non-hydrogen) atoms. The van der Waals surface area contributed by atoms with Crippen LogP contribution in [0.25, 0.3) is 0 Å². The molecule has 1 saturated heterocycles. The van der Waals surface area contributed by atoms with Gasteiger partial charge in [0.1, 0.15) is 0 Å². The van der Waals surface area contributed by atoms with E-state index in [0.29, 0.717) is 11.6 Å². The Kier molecular flexibility index (Phi) is 4.11. The Morgan fingerprint density at radius 2 is 2.55 bits per heavy atom. The van der Waals surface area contributed by atoms with Crippen LogP contribution in [0.5, 0.6) is 0 Å². The van der Waals surface area contributed by atoms with Gasteiger partial charge in [0, 0.05) is 6.54 Å². The second kappa shape index (κ2) is 4.90. The summed E-state index contributed by atoms with van der Waals surface area (Å²) in [7, 11) is 0. The molecule has 0 bridgehead atoms. The van der Waals surface area contributed by atoms with Gasteiger partial charge in [-0.2, -0.15) is 12.6 Å². The van der Waals surface area contributed by atoms with Gasteiger partial charge in [-0.05, 0) is 24.9 Å². The number of nitrogens with zero attached hydrogens (tertiary/aromatic N) is 1. The first kappa shape index (κ1) is 9.22. The fourth-order valence-corrected chi connectivity index (χ4v) is 1.99. The van der Waals surface area contributed by atoms with Gasteiger partial charge in [-0.15, -0.1) is 0 Å². The van der Waals surface area contributed by atoms with E-state index in [4.69, 9.17) is 0 Å². The van der Waals surface area contributed by atoms with Crippen LogP contribution in [0.15, 0.2) is 0 Å². The van der Waals surface area contributed by atoms with Gasteiger partial charge in [0.25, 0.3) is 0 Å². The fourth-order valence-electron chi connectivity index (χ4n) is 0.962. The summed E-state index contributed by atoms with van der Waals surface area (Å²) in [6.45, 7) is 2.26. The molecule has 0 atom stereocenters. The Bertz CT molecular complexity index is 143. The summed E-state index contributed by atoms with van der Waals surface area (Å²) in [5.41, 5.74) is 0. The van der Waals surface area contributed by atoms with Crippen molar-refractivity contribution in [3.05, 3.63) is 0 Å². The number of amides is 1. The molecule has 0 aromatic rings. The fraction of sp³-hybridized carbons (Fsp3) is 0.833. The van der Waals surface area contributed by atoms with Crippen molar-refractivity contribution in [3.8, 4) is 0 Å². The largest absolute Gasteiger partial charge is 0.308 e. The van der Waals surface area contributed by atoms with Crippen LogP contribution in [-0.4, -0.2) is 34.9 Å². The molecule has 1 fully saturated rings. The van der Waals surface area contributed by atoms with Crippen molar-refractivity contribution in [1.82, 2.24) is 9.62 Å². The third-order valence-electron chi connectivity index (χ3n) is 1.48. The van der Waals surface area contributed by atoms with E-state index >= 15 is 0 Å². The second-order valence-corrected chi connectivity index (χ2v) is 4.02. The van der Waals surface area contributed by atoms with E-state index in [2.05, 4.69) is 17.9 Å². The van der Waals surface area contributed by atoms with Crippen molar-refractivity contribution in [2.45, 2.75) is 6.42 Å². The monoisotopic (exact) mass is 192 g/mol. The summed E-state index contributed by atoms with van der Waals surface area (Å²) < 4.78 is 1.78. The van der Waals surface area contributed by atoms with Crippen molar-refractivity contribution >= 4 is 30.5 Å². The van der Waals surface area contributed by atoms with Crippen LogP contribution in [0.3, 0.4) is 0 Å². The molecule has 3 nitrogen and oxygen atoms in total. The third kappa shape index (κ3) is 2.92. The molecule has 64 valence electrons. The molecular formula is C6H12N2OS2. The zero-order valence-electron chi connectivity index (χ0n) is 6.25. The molecule has 0 aromatic heterocycles. The highest BCUT2D eigenvalue weighted by atomic mass is 32.2. The molecular weight excluding hydrogens is 180 g/mol. The number of rotatable bonds is 2. The maximum atomic E-state index is 11.2. The number of nitrogens with one attached hydrogen (secondary N) is 1. The average molecular weight is 192 g/mol. The smallest absolute Gasteiger partial charge is 0.246 e. The topological polar surface area (TPSA) is 32.3 Å². The highest BCUT2D eigenvalue weighted by Gasteiger charge is 2.15. The van der Waals surface area contributed by atoms with Gasteiger partial charge >= 0.3 is 0 Å². The molecule has 0 radical (unpaired) electrons. The first-order valence-corrected chi connectivity index (χ1v) is 5.17. The Labute approximate surface area is 76.4 Å². The summed E-state index contributed by atoms with van der Waals surface area (Å²) in [6.07, 6.45) is 1.03. The number of thiol groups is 1. The Morgan fingerprint density at radius 3 is 3.27 bits per heavy atom. The quantitative estimate of drug-likeness (QED) is 0.376. The van der Waals surface area contributed by atoms with Crippen molar-refractivity contribution < 1.29 is 4.79 Å². The molecule has 5 heteroatoms. The van der Waals surface area contributed by atoms with E-state index in [0.717, 1.165) is 19.5 Å². The average Bonchev–Trinajstić information content (AvgIpc) is 2.18. The highest BCUT2D eigenvalue weighted by Crippen LogP contribution is 2.12. The summed E-state index contributed by atoms with van der Waals surface area (Å²) >= 11 is 5.54. The van der Waals surface area contributed by atoms with Crippen LogP contribution in [0, 0.1) is 0 Å². The lowest BCUT2D eigenvalue weighted by Gasteiger charge is -2.16. The number of hydrogen-bond acceptors (Lipinski definition) is 4. The molecule has 0 unspecified atom stereocenters. The molecule has 1 heterocycles. The molecule has 1 aliphatic heterocycles. The van der Waals surface area contributed by atoms with Crippen LogP contribution >= 0.6 is 24.6 Å². The van der Waals surface area contributed by atoms with Crippen molar-refractivity contribution in [1.29, 1.82) is 0 Å². The zero-order valence-corrected chi connectivity index (χ0v) is 7.96. The predicted octanol–water partition coefficient (Wildman–Crippen LogP) is 0.344. The van der Waals surface area contributed by atoms with E-state index in [9.17, 15) is 4.79 Å². The number of carbonyl (C=O) groups is 1. The third-order valence-corrected chi connectivity index (χ3v) is 2.64. The summed E-state index contributed by atoms with van der Waals surface area (Å²) in [6, 6.07) is 0. The number of carbonyl (C=O) groups excluding carboxylic acids is 1. The van der Waals surface area contributed by atoms with E-state index < -0.39 is 0 Å². The van der Waals surface area contributed by atoms with Gasteiger partial charge < -0.3 is 5.32 Å². The van der Waals surface area contributed by atoms with E-state index in [-0.39, 0.29) is 5.91 Å². The van der Waals surface area contributed by atoms with Gasteiger partial charge in [-0.25, -0.2) is 0 Å². The van der Waals surface area contributed by atoms with Crippen LogP contribution in [0.4, 0.5) is 0 Å². The molecule has 0 aliphatic carbocycles. The lowest BCUT2D eigenvalue weighted by molar-refractivity contribution is -0.124. The minimum atomic E-state index is 0.168. The maximum Gasteiger partial charge on any atom is 0.246 e. The van der Waals surface area contributed by atoms with Crippen molar-refractivity contribution in [2.24, 2.45) is 0 Å². The molecule has 1 N–H and O–H groups in total. The Morgan fingerprint density at radius 1 is 1.73 bits per heavy atom. The normalized spacial score (nSPS) is 20.1. The summed E-state index contributed by atoms with van der Waals surface area (Å²) in [5, 5.41) is 3.73. The minimum Gasteiger partial charge on any atom is -0.308 e. The second-order valence-electron chi connectivity index (χ2n) is 2.28. The van der Waals surface area contributed by atoms with Crippen LogP contribution in [0.1, 0.15) is 6.42 Å². The Hall–Kier alpha value is 0.130. The van der Waals surface area contributed by atoms with Crippen LogP contribution < -0.4 is 5.32 Å². The SMILES string of the molecule is O=C1CNCCCN1SCS. The zero-order chi connectivity index (χ0) is 8.10. The standard InChI is InChI=1S/C6H12N2OS2/c9-6-4-7-2-1-3-8(6)11-5-10/h7,10H,1-5H2. The predicted molar refractivity (Wildman–Crippen MR) is 50.6 cm³/mol. The van der Waals surface area contributed by atoms with Gasteiger partial charge in [0.2, 0.25) is 5.91 Å². The van der Waals surface area contributed by atoms with Gasteiger partial charge in [-0.1, -0.05) is 0 Å². The molecule has 0 spiro atoms. The lowest BCUT2D eigenvalue weighted by atomic mass is 10.4. The number of hydrogen-bond donors (Lipinski definition) is 2. The highest BCUT2D eigenvalue weighted by molar-refractivity contribution is 8.08. The first-order valence-electron chi connectivity index (χ1n) is 3.59. The molecule has 1 aliphatic rings. The maximum absolute atomic E-state index is 11.2. The van der Waals surface area contributed by atoms with Crippen molar-refractivity contribution in [2.75, 3.05) is 24.7 Å². The van der Waals surface area contributed by atoms with Crippen molar-refractivity contribution in [3.63, 3.8) is 0 Å². The van der Waals surface area contributed by atoms with Gasteiger partial charge in [0.05, 0.1) is 11.6 Å². The first-order chi connectivity index (χ1) is 5.34. The summed E-state index contributed by atoms with van der Waals surface area (Å²) in [5.74, 6) is 0.168. The van der Waals surface area contributed by atoms with E-state index in [1.807, 2.05) is 0 Å². The Balaban J connectivity index is 2.39. The summed E-state index contributed by atoms with van der Waals surface area (Å²) in [4.78, 5) is 11.2. The lowest BCUT2D eigenvalue weighted by Crippen LogP contribution is -2.29. The minimum absolute atomic E-state index is 0.168. The molecule has 0 aromatic carbocycles. The van der Waals surface area contributed by atoms with E-state index in [1.54, 1.807) is 4.31 Å². The van der Waals surface area contributed by atoms with Crippen LogP contribution in [0.2, 0.25) is 0 Å².